The number of rotatable bonds is 2. The molecule has 82 valence electrons. The Labute approximate surface area is 93.7 Å². The molecule has 7 heteroatoms. The molecule has 2 N–H and O–H groups in total. The fraction of sp³-hybridized carbons (Fsp3) is 0. The van der Waals surface area contributed by atoms with Gasteiger partial charge in [-0.25, -0.2) is 4.39 Å². The molecule has 0 atom stereocenters. The lowest BCUT2D eigenvalue weighted by molar-refractivity contribution is 0.102. The first-order chi connectivity index (χ1) is 7.66. The first-order valence-corrected chi connectivity index (χ1v) is 5.07. The van der Waals surface area contributed by atoms with E-state index in [9.17, 15) is 9.18 Å². The standard InChI is InChI=1S/C9H6FN3O2S/c10-6-3-5(14)1-2-7(6)11-9(15)8-4-16-13-12-8/h1-4,14H,(H,11,15). The topological polar surface area (TPSA) is 75.1 Å². The summed E-state index contributed by atoms with van der Waals surface area (Å²) in [6.07, 6.45) is 0. The number of aromatic nitrogens is 2. The van der Waals surface area contributed by atoms with Crippen LogP contribution in [0.3, 0.4) is 0 Å². The fourth-order valence-corrected chi connectivity index (χ4v) is 1.49. The van der Waals surface area contributed by atoms with Crippen LogP contribution >= 0.6 is 11.5 Å². The minimum absolute atomic E-state index is 0.0178. The van der Waals surface area contributed by atoms with E-state index in [0.29, 0.717) is 0 Å². The zero-order valence-corrected chi connectivity index (χ0v) is 8.66. The third-order valence-electron chi connectivity index (χ3n) is 1.79. The molecule has 0 aliphatic rings. The summed E-state index contributed by atoms with van der Waals surface area (Å²) in [6, 6.07) is 3.45. The molecule has 2 rings (SSSR count). The van der Waals surface area contributed by atoms with Gasteiger partial charge in [-0.3, -0.25) is 4.79 Å². The van der Waals surface area contributed by atoms with Crippen molar-refractivity contribution in [1.82, 2.24) is 9.59 Å². The highest BCUT2D eigenvalue weighted by molar-refractivity contribution is 7.03. The van der Waals surface area contributed by atoms with Gasteiger partial charge < -0.3 is 10.4 Å². The predicted octanol–water partition coefficient (Wildman–Crippen LogP) is 1.64. The van der Waals surface area contributed by atoms with E-state index in [4.69, 9.17) is 5.11 Å². The number of carbonyl (C=O) groups is 1. The van der Waals surface area contributed by atoms with E-state index in [0.717, 1.165) is 17.6 Å². The van der Waals surface area contributed by atoms with E-state index in [-0.39, 0.29) is 17.1 Å². The van der Waals surface area contributed by atoms with Crippen molar-refractivity contribution >= 4 is 23.1 Å². The Morgan fingerprint density at radius 1 is 1.50 bits per heavy atom. The second-order valence-electron chi connectivity index (χ2n) is 2.91. The van der Waals surface area contributed by atoms with Crippen LogP contribution in [0.25, 0.3) is 0 Å². The Bertz CT molecular complexity index is 515. The van der Waals surface area contributed by atoms with Crippen LogP contribution in [0, 0.1) is 5.82 Å². The van der Waals surface area contributed by atoms with E-state index in [1.54, 1.807) is 0 Å². The van der Waals surface area contributed by atoms with Gasteiger partial charge in [-0.05, 0) is 23.7 Å². The van der Waals surface area contributed by atoms with E-state index in [2.05, 4.69) is 14.9 Å². The molecule has 0 saturated carbocycles. The molecule has 0 spiro atoms. The molecule has 5 nitrogen and oxygen atoms in total. The molecule has 1 amide bonds. The van der Waals surface area contributed by atoms with E-state index in [1.165, 1.54) is 17.5 Å². The maximum atomic E-state index is 13.2. The highest BCUT2D eigenvalue weighted by Crippen LogP contribution is 2.19. The number of halogens is 1. The Morgan fingerprint density at radius 2 is 2.31 bits per heavy atom. The van der Waals surface area contributed by atoms with Crippen molar-refractivity contribution in [3.8, 4) is 5.75 Å². The van der Waals surface area contributed by atoms with Gasteiger partial charge in [0.1, 0.15) is 11.6 Å². The van der Waals surface area contributed by atoms with Crippen LogP contribution < -0.4 is 5.32 Å². The highest BCUT2D eigenvalue weighted by atomic mass is 32.1. The smallest absolute Gasteiger partial charge is 0.277 e. The van der Waals surface area contributed by atoms with Crippen LogP contribution in [0.2, 0.25) is 0 Å². The summed E-state index contributed by atoms with van der Waals surface area (Å²) in [5.41, 5.74) is 0.105. The molecule has 1 aromatic heterocycles. The van der Waals surface area contributed by atoms with Crippen LogP contribution in [0.5, 0.6) is 5.75 Å². The van der Waals surface area contributed by atoms with Crippen LogP contribution in [-0.4, -0.2) is 20.6 Å². The molecule has 0 aliphatic heterocycles. The minimum Gasteiger partial charge on any atom is -0.508 e. The van der Waals surface area contributed by atoms with Crippen molar-refractivity contribution in [2.24, 2.45) is 0 Å². The summed E-state index contributed by atoms with van der Waals surface area (Å²) in [7, 11) is 0. The Balaban J connectivity index is 2.18. The number of phenols is 1. The summed E-state index contributed by atoms with van der Waals surface area (Å²) in [4.78, 5) is 11.5. The molecule has 0 radical (unpaired) electrons. The lowest BCUT2D eigenvalue weighted by Crippen LogP contribution is -2.13. The van der Waals surface area contributed by atoms with Gasteiger partial charge in [0, 0.05) is 11.4 Å². The largest absolute Gasteiger partial charge is 0.508 e. The number of amides is 1. The van der Waals surface area contributed by atoms with E-state index in [1.807, 2.05) is 0 Å². The molecule has 1 aromatic carbocycles. The monoisotopic (exact) mass is 239 g/mol. The number of nitrogens with one attached hydrogen (secondary N) is 1. The first-order valence-electron chi connectivity index (χ1n) is 4.24. The number of benzene rings is 1. The third kappa shape index (κ3) is 2.14. The van der Waals surface area contributed by atoms with Crippen LogP contribution in [0.15, 0.2) is 23.6 Å². The number of hydrogen-bond donors (Lipinski definition) is 2. The Kier molecular flexibility index (Phi) is 2.78. The van der Waals surface area contributed by atoms with Crippen molar-refractivity contribution in [3.05, 3.63) is 35.1 Å². The van der Waals surface area contributed by atoms with Crippen LogP contribution in [-0.2, 0) is 0 Å². The molecule has 0 unspecified atom stereocenters. The van der Waals surface area contributed by atoms with Gasteiger partial charge in [0.2, 0.25) is 0 Å². The van der Waals surface area contributed by atoms with Gasteiger partial charge in [-0.15, -0.1) is 5.10 Å². The molecule has 16 heavy (non-hydrogen) atoms. The van der Waals surface area contributed by atoms with E-state index < -0.39 is 11.7 Å². The van der Waals surface area contributed by atoms with Crippen molar-refractivity contribution in [2.45, 2.75) is 0 Å². The molecular formula is C9H6FN3O2S. The van der Waals surface area contributed by atoms with Crippen LogP contribution in [0.4, 0.5) is 10.1 Å². The van der Waals surface area contributed by atoms with Gasteiger partial charge in [0.15, 0.2) is 5.69 Å². The second-order valence-corrected chi connectivity index (χ2v) is 3.52. The lowest BCUT2D eigenvalue weighted by Gasteiger charge is -2.04. The van der Waals surface area contributed by atoms with Crippen molar-refractivity contribution in [1.29, 1.82) is 0 Å². The molecular weight excluding hydrogens is 233 g/mol. The maximum Gasteiger partial charge on any atom is 0.277 e. The van der Waals surface area contributed by atoms with Crippen molar-refractivity contribution in [2.75, 3.05) is 5.32 Å². The molecule has 0 aliphatic carbocycles. The van der Waals surface area contributed by atoms with Gasteiger partial charge in [-0.1, -0.05) is 4.49 Å². The minimum atomic E-state index is -0.712. The zero-order valence-electron chi connectivity index (χ0n) is 7.85. The Hall–Kier alpha value is -2.02. The summed E-state index contributed by atoms with van der Waals surface area (Å²) in [5.74, 6) is -1.46. The first kappa shape index (κ1) is 10.5. The number of anilines is 1. The predicted molar refractivity (Wildman–Crippen MR) is 55.9 cm³/mol. The second kappa shape index (κ2) is 4.23. The lowest BCUT2D eigenvalue weighted by atomic mass is 10.3. The fourth-order valence-electron chi connectivity index (χ4n) is 1.06. The third-order valence-corrected chi connectivity index (χ3v) is 2.30. The zero-order chi connectivity index (χ0) is 11.5. The van der Waals surface area contributed by atoms with Crippen LogP contribution in [0.1, 0.15) is 10.5 Å². The van der Waals surface area contributed by atoms with Gasteiger partial charge >= 0.3 is 0 Å². The summed E-state index contributed by atoms with van der Waals surface area (Å²) >= 11 is 1.03. The van der Waals surface area contributed by atoms with E-state index >= 15 is 0 Å². The molecule has 0 saturated heterocycles. The SMILES string of the molecule is O=C(Nc1ccc(O)cc1F)c1csnn1. The highest BCUT2D eigenvalue weighted by Gasteiger charge is 2.11. The number of nitrogens with zero attached hydrogens (tertiary/aromatic N) is 2. The molecule has 2 aromatic rings. The number of hydrogen-bond acceptors (Lipinski definition) is 5. The average molecular weight is 239 g/mol. The summed E-state index contributed by atoms with van der Waals surface area (Å²) in [6.45, 7) is 0. The van der Waals surface area contributed by atoms with Gasteiger partial charge in [0.25, 0.3) is 5.91 Å². The maximum absolute atomic E-state index is 13.2. The quantitative estimate of drug-likeness (QED) is 0.781. The summed E-state index contributed by atoms with van der Waals surface area (Å²) < 4.78 is 16.8. The Morgan fingerprint density at radius 3 is 2.94 bits per heavy atom. The number of phenolic OH excluding ortho intramolecular Hbond substituents is 1. The summed E-state index contributed by atoms with van der Waals surface area (Å²) in [5, 5.41) is 16.3. The van der Waals surface area contributed by atoms with Crippen molar-refractivity contribution < 1.29 is 14.3 Å². The van der Waals surface area contributed by atoms with Gasteiger partial charge in [-0.2, -0.15) is 0 Å². The molecule has 0 fully saturated rings. The number of aromatic hydroxyl groups is 1. The number of carbonyl (C=O) groups excluding carboxylic acids is 1. The molecule has 0 bridgehead atoms. The van der Waals surface area contributed by atoms with Crippen molar-refractivity contribution in [3.63, 3.8) is 0 Å². The van der Waals surface area contributed by atoms with Gasteiger partial charge in [0.05, 0.1) is 5.69 Å². The molecule has 1 heterocycles. The average Bonchev–Trinajstić information content (AvgIpc) is 2.75. The normalized spacial score (nSPS) is 10.1.